The Morgan fingerprint density at radius 2 is 1.81 bits per heavy atom. The average Bonchev–Trinajstić information content (AvgIpc) is 3.03. The van der Waals surface area contributed by atoms with Crippen molar-refractivity contribution < 1.29 is 40.2 Å². The molecular weight excluding hydrogens is 660 g/mol. The van der Waals surface area contributed by atoms with Gasteiger partial charge in [-0.3, -0.25) is 9.10 Å². The monoisotopic (exact) mass is 694 g/mol. The van der Waals surface area contributed by atoms with E-state index in [2.05, 4.69) is 4.90 Å². The van der Waals surface area contributed by atoms with E-state index in [1.165, 1.54) is 12.1 Å². The van der Waals surface area contributed by atoms with Gasteiger partial charge < -0.3 is 14.4 Å². The summed E-state index contributed by atoms with van der Waals surface area (Å²) in [5, 5.41) is 0.210. The third-order valence-corrected chi connectivity index (χ3v) is 10.5. The lowest BCUT2D eigenvalue weighted by Gasteiger charge is -2.37. The summed E-state index contributed by atoms with van der Waals surface area (Å²) >= 11 is 6.24. The third-order valence-electron chi connectivity index (χ3n) is 8.38. The molecule has 1 fully saturated rings. The van der Waals surface area contributed by atoms with E-state index in [0.29, 0.717) is 62.7 Å². The maximum atomic E-state index is 14.6. The van der Waals surface area contributed by atoms with E-state index >= 15 is 0 Å². The van der Waals surface area contributed by atoms with E-state index in [4.69, 9.17) is 21.1 Å². The zero-order valence-electron chi connectivity index (χ0n) is 25.9. The minimum atomic E-state index is -4.73. The predicted molar refractivity (Wildman–Crippen MR) is 172 cm³/mol. The van der Waals surface area contributed by atoms with Gasteiger partial charge in [0.05, 0.1) is 40.2 Å². The molecule has 3 aromatic carbocycles. The molecule has 47 heavy (non-hydrogen) atoms. The van der Waals surface area contributed by atoms with Crippen molar-refractivity contribution in [3.63, 3.8) is 0 Å². The van der Waals surface area contributed by atoms with Crippen molar-refractivity contribution in [1.82, 2.24) is 4.90 Å². The number of esters is 1. The Labute approximate surface area is 276 Å². The van der Waals surface area contributed by atoms with Crippen molar-refractivity contribution in [2.75, 3.05) is 37.1 Å². The van der Waals surface area contributed by atoms with Crippen LogP contribution in [0.2, 0.25) is 5.02 Å². The van der Waals surface area contributed by atoms with Gasteiger partial charge >= 0.3 is 12.1 Å². The van der Waals surface area contributed by atoms with E-state index in [0.717, 1.165) is 22.5 Å². The Morgan fingerprint density at radius 3 is 2.49 bits per heavy atom. The van der Waals surface area contributed by atoms with Crippen molar-refractivity contribution >= 4 is 44.9 Å². The van der Waals surface area contributed by atoms with Crippen molar-refractivity contribution in [1.29, 1.82) is 0 Å². The highest BCUT2D eigenvalue weighted by Crippen LogP contribution is 2.40. The van der Waals surface area contributed by atoms with Gasteiger partial charge in [0.15, 0.2) is 0 Å². The summed E-state index contributed by atoms with van der Waals surface area (Å²) in [6, 6.07) is 12.8. The maximum Gasteiger partial charge on any atom is 0.416 e. The van der Waals surface area contributed by atoms with Crippen LogP contribution < -0.4 is 9.04 Å². The number of hydrogen-bond acceptors (Lipinski definition) is 6. The Kier molecular flexibility index (Phi) is 10.5. The van der Waals surface area contributed by atoms with Crippen LogP contribution in [0.3, 0.4) is 0 Å². The highest BCUT2D eigenvalue weighted by atomic mass is 35.5. The lowest BCUT2D eigenvalue weighted by molar-refractivity contribution is -0.149. The van der Waals surface area contributed by atoms with E-state index < -0.39 is 38.6 Å². The normalized spacial score (nSPS) is 18.1. The first-order valence-corrected chi connectivity index (χ1v) is 17.1. The summed E-state index contributed by atoms with van der Waals surface area (Å²) in [6.07, 6.45) is -1.96. The molecule has 0 unspecified atom stereocenters. The molecule has 252 valence electrons. The van der Waals surface area contributed by atoms with Gasteiger partial charge in [-0.1, -0.05) is 35.9 Å². The molecule has 0 aliphatic carbocycles. The number of benzene rings is 3. The molecule has 1 atom stereocenters. The molecule has 0 amide bonds. The molecule has 0 radical (unpaired) electrons. The highest BCUT2D eigenvalue weighted by Gasteiger charge is 2.37. The number of ether oxygens (including phenoxy) is 2. The first-order chi connectivity index (χ1) is 22.3. The molecule has 0 aromatic heterocycles. The molecule has 3 aromatic rings. The number of alkyl halides is 3. The Hall–Kier alpha value is -3.61. The van der Waals surface area contributed by atoms with Crippen molar-refractivity contribution in [2.24, 2.45) is 5.92 Å². The van der Waals surface area contributed by atoms with Gasteiger partial charge in [-0.25, -0.2) is 12.8 Å². The molecule has 1 saturated heterocycles. The Balaban J connectivity index is 1.44. The fourth-order valence-corrected chi connectivity index (χ4v) is 7.79. The SMILES string of the molecule is CCOC(=O)C1CCN(CC[C@H]2CN(S(=O)(=O)c3cccc(C(F)(F)F)c3)c3cc(/C=C(\C)c4c(F)cccc4Cl)ccc3O2)CC1. The second-order valence-corrected chi connectivity index (χ2v) is 13.9. The highest BCUT2D eigenvalue weighted by molar-refractivity contribution is 7.92. The minimum absolute atomic E-state index is 0.143. The van der Waals surface area contributed by atoms with Crippen LogP contribution in [-0.4, -0.2) is 58.2 Å². The second-order valence-electron chi connectivity index (χ2n) is 11.6. The number of nitrogens with zero attached hydrogens (tertiary/aromatic N) is 2. The lowest BCUT2D eigenvalue weighted by Crippen LogP contribution is -2.45. The fourth-order valence-electron chi connectivity index (χ4n) is 5.93. The molecule has 2 aliphatic rings. The number of allylic oxidation sites excluding steroid dienone is 1. The fraction of sp³-hybridized carbons (Fsp3) is 0.382. The largest absolute Gasteiger partial charge is 0.486 e. The number of likely N-dealkylation sites (tertiary alicyclic amines) is 1. The molecular formula is C34H35ClF4N2O5S. The van der Waals surface area contributed by atoms with Gasteiger partial charge in [-0.15, -0.1) is 0 Å². The third kappa shape index (κ3) is 7.93. The lowest BCUT2D eigenvalue weighted by atomic mass is 9.97. The van der Waals surface area contributed by atoms with E-state index in [1.54, 1.807) is 44.2 Å². The number of fused-ring (bicyclic) bond motifs is 1. The summed E-state index contributed by atoms with van der Waals surface area (Å²) in [5.74, 6) is -0.625. The van der Waals surface area contributed by atoms with Gasteiger partial charge in [0, 0.05) is 12.1 Å². The van der Waals surface area contributed by atoms with Crippen LogP contribution in [0.15, 0.2) is 65.6 Å². The van der Waals surface area contributed by atoms with E-state index in [-0.39, 0.29) is 40.5 Å². The Bertz CT molecular complexity index is 1740. The maximum absolute atomic E-state index is 14.6. The van der Waals surface area contributed by atoms with Gasteiger partial charge in [0.1, 0.15) is 17.7 Å². The zero-order chi connectivity index (χ0) is 33.9. The summed E-state index contributed by atoms with van der Waals surface area (Å²) in [4.78, 5) is 13.8. The van der Waals surface area contributed by atoms with Crippen LogP contribution in [0.5, 0.6) is 5.75 Å². The summed E-state index contributed by atoms with van der Waals surface area (Å²) < 4.78 is 95.8. The van der Waals surface area contributed by atoms with Gasteiger partial charge in [-0.2, -0.15) is 13.2 Å². The van der Waals surface area contributed by atoms with Gasteiger partial charge in [0.2, 0.25) is 0 Å². The van der Waals surface area contributed by atoms with Crippen molar-refractivity contribution in [3.05, 3.63) is 88.2 Å². The van der Waals surface area contributed by atoms with Crippen LogP contribution in [0.25, 0.3) is 11.6 Å². The average molecular weight is 695 g/mol. The van der Waals surface area contributed by atoms with Gasteiger partial charge in [-0.05, 0) is 99.8 Å². The predicted octanol–water partition coefficient (Wildman–Crippen LogP) is 7.68. The van der Waals surface area contributed by atoms with Gasteiger partial charge in [0.25, 0.3) is 10.0 Å². The number of carbonyl (C=O) groups is 1. The zero-order valence-corrected chi connectivity index (χ0v) is 27.5. The van der Waals surface area contributed by atoms with Crippen molar-refractivity contribution in [2.45, 2.75) is 50.3 Å². The minimum Gasteiger partial charge on any atom is -0.486 e. The number of carbonyl (C=O) groups excluding carboxylic acids is 1. The summed E-state index contributed by atoms with van der Waals surface area (Å²) in [6.45, 7) is 5.53. The van der Waals surface area contributed by atoms with Crippen LogP contribution >= 0.6 is 11.6 Å². The van der Waals surface area contributed by atoms with Crippen molar-refractivity contribution in [3.8, 4) is 5.75 Å². The molecule has 13 heteroatoms. The molecule has 0 bridgehead atoms. The summed E-state index contributed by atoms with van der Waals surface area (Å²) in [5.41, 5.74) is 0.264. The molecule has 0 saturated carbocycles. The standard InChI is InChI=1S/C34H35ClF4N2O5S/c1-3-45-33(42)24-12-15-40(16-13-24)17-14-26-21-41(47(43,44)27-7-4-6-25(20-27)34(37,38)39)30-19-23(10-11-31(30)46-26)18-22(2)32-28(35)8-5-9-29(32)36/h4-11,18-20,24,26H,3,12-17,21H2,1-2H3/b22-18+/t26-/m0/s1. The van der Waals surface area contributed by atoms with Crippen LogP contribution in [0.1, 0.15) is 49.8 Å². The van der Waals surface area contributed by atoms with Crippen LogP contribution in [-0.2, 0) is 25.7 Å². The first kappa shape index (κ1) is 34.7. The molecule has 2 aliphatic heterocycles. The van der Waals surface area contributed by atoms with E-state index in [9.17, 15) is 30.8 Å². The number of rotatable bonds is 9. The summed E-state index contributed by atoms with van der Waals surface area (Å²) in [7, 11) is -4.48. The topological polar surface area (TPSA) is 76.2 Å². The quantitative estimate of drug-likeness (QED) is 0.130. The Morgan fingerprint density at radius 1 is 1.09 bits per heavy atom. The van der Waals surface area contributed by atoms with Crippen LogP contribution in [0.4, 0.5) is 23.2 Å². The number of halogens is 5. The van der Waals surface area contributed by atoms with Crippen LogP contribution in [0, 0.1) is 11.7 Å². The second kappa shape index (κ2) is 14.2. The first-order valence-electron chi connectivity index (χ1n) is 15.3. The number of piperidine rings is 1. The smallest absolute Gasteiger partial charge is 0.416 e. The molecule has 2 heterocycles. The van der Waals surface area contributed by atoms with E-state index in [1.807, 2.05) is 0 Å². The number of sulfonamides is 1. The molecule has 0 spiro atoms. The number of hydrogen-bond donors (Lipinski definition) is 0. The molecule has 0 N–H and O–H groups in total. The molecule has 5 rings (SSSR count). The number of anilines is 1. The molecule has 7 nitrogen and oxygen atoms in total.